The number of hydrogen-bond donors (Lipinski definition) is 2. The Morgan fingerprint density at radius 3 is 2.62 bits per heavy atom. The van der Waals surface area contributed by atoms with Gasteiger partial charge >= 0.3 is 0 Å². The van der Waals surface area contributed by atoms with Crippen molar-refractivity contribution in [2.45, 2.75) is 77.4 Å². The van der Waals surface area contributed by atoms with Crippen molar-refractivity contribution in [2.24, 2.45) is 5.73 Å². The van der Waals surface area contributed by atoms with Crippen LogP contribution in [-0.2, 0) is 10.2 Å². The first-order chi connectivity index (χ1) is 13.5. The maximum Gasteiger partial charge on any atom is 0.248 e. The molecular weight excluding hydrogens is 364 g/mol. The van der Waals surface area contributed by atoms with Crippen LogP contribution in [0.2, 0.25) is 0 Å². The summed E-state index contributed by atoms with van der Waals surface area (Å²) in [6.07, 6.45) is 4.02. The van der Waals surface area contributed by atoms with Crippen LogP contribution in [0.15, 0.2) is 23.8 Å². The van der Waals surface area contributed by atoms with Crippen molar-refractivity contribution in [1.82, 2.24) is 4.90 Å². The number of carbonyl (C=O) groups is 2. The van der Waals surface area contributed by atoms with Gasteiger partial charge in [0.2, 0.25) is 5.91 Å². The summed E-state index contributed by atoms with van der Waals surface area (Å²) in [7, 11) is 0. The van der Waals surface area contributed by atoms with Crippen LogP contribution < -0.4 is 5.73 Å². The molecule has 0 radical (unpaired) electrons. The lowest BCUT2D eigenvalue weighted by Crippen LogP contribution is -2.70. The monoisotopic (exact) mass is 398 g/mol. The molecule has 1 heterocycles. The first kappa shape index (κ1) is 21.7. The van der Waals surface area contributed by atoms with E-state index in [1.165, 1.54) is 5.57 Å². The van der Waals surface area contributed by atoms with Crippen LogP contribution in [0.4, 0.5) is 0 Å². The van der Waals surface area contributed by atoms with Crippen molar-refractivity contribution in [3.05, 3.63) is 46.0 Å². The molecule has 3 N–H and O–H groups in total. The number of allylic oxidation sites excluding steroid dienone is 1. The quantitative estimate of drug-likeness (QED) is 0.763. The summed E-state index contributed by atoms with van der Waals surface area (Å²) in [6.45, 7) is 11.7. The lowest BCUT2D eigenvalue weighted by atomic mass is 9.52. The summed E-state index contributed by atoms with van der Waals surface area (Å²) in [5.74, 6) is -0.289. The molecule has 0 bridgehead atoms. The molecule has 3 rings (SSSR count). The number of rotatable bonds is 4. The number of piperidine rings is 1. The molecule has 1 aromatic carbocycles. The molecule has 1 saturated carbocycles. The van der Waals surface area contributed by atoms with Crippen molar-refractivity contribution >= 4 is 11.7 Å². The minimum atomic E-state index is -1.04. The van der Waals surface area contributed by atoms with E-state index in [2.05, 4.69) is 31.7 Å². The zero-order chi connectivity index (χ0) is 21.6. The van der Waals surface area contributed by atoms with Crippen LogP contribution in [0, 0.1) is 13.8 Å². The minimum Gasteiger partial charge on any atom is -0.387 e. The third-order valence-corrected chi connectivity index (χ3v) is 7.33. The second-order valence-electron chi connectivity index (χ2n) is 9.22. The summed E-state index contributed by atoms with van der Waals surface area (Å²) in [5, 5.41) is 12.2. The van der Waals surface area contributed by atoms with Gasteiger partial charge in [0, 0.05) is 36.4 Å². The highest BCUT2D eigenvalue weighted by molar-refractivity contribution is 5.95. The third-order valence-electron chi connectivity index (χ3n) is 7.33. The molecule has 5 nitrogen and oxygen atoms in total. The fourth-order valence-corrected chi connectivity index (χ4v) is 5.72. The van der Waals surface area contributed by atoms with Crippen LogP contribution in [0.3, 0.4) is 0 Å². The maximum absolute atomic E-state index is 12.7. The Labute approximate surface area is 174 Å². The first-order valence-corrected chi connectivity index (χ1v) is 10.6. The summed E-state index contributed by atoms with van der Waals surface area (Å²) >= 11 is 0. The molecule has 29 heavy (non-hydrogen) atoms. The van der Waals surface area contributed by atoms with Crippen LogP contribution in [0.5, 0.6) is 0 Å². The van der Waals surface area contributed by atoms with Crippen molar-refractivity contribution < 1.29 is 14.7 Å². The molecule has 2 fully saturated rings. The van der Waals surface area contributed by atoms with E-state index in [0.717, 1.165) is 29.8 Å². The summed E-state index contributed by atoms with van der Waals surface area (Å²) in [5.41, 5.74) is 8.36. The van der Waals surface area contributed by atoms with Gasteiger partial charge in [-0.3, -0.25) is 14.5 Å². The first-order valence-electron chi connectivity index (χ1n) is 10.6. The van der Waals surface area contributed by atoms with Crippen LogP contribution in [-0.4, -0.2) is 46.4 Å². The second kappa shape index (κ2) is 7.69. The maximum atomic E-state index is 12.7. The van der Waals surface area contributed by atoms with Crippen molar-refractivity contribution in [2.75, 3.05) is 13.1 Å². The van der Waals surface area contributed by atoms with Crippen molar-refractivity contribution in [3.63, 3.8) is 0 Å². The number of hydrogen-bond acceptors (Lipinski definition) is 4. The standard InChI is InChI=1S/C24H34N2O3/c1-15(2)9-12-26-13-11-23(14-19(27)8-10-24(23,29)18(26)5)21-16(3)6-7-20(17(21)4)22(25)28/h6-7,9,18,29H,8,10-14H2,1-5H3,(H2,25,28)/t18-,23-,24-/m1/s1. The van der Waals surface area contributed by atoms with E-state index in [1.807, 2.05) is 19.9 Å². The van der Waals surface area contributed by atoms with Gasteiger partial charge in [-0.25, -0.2) is 0 Å². The molecule has 0 aromatic heterocycles. The molecule has 1 aliphatic carbocycles. The number of nitrogens with zero attached hydrogens (tertiary/aromatic N) is 1. The van der Waals surface area contributed by atoms with Gasteiger partial charge in [0.1, 0.15) is 5.78 Å². The predicted molar refractivity (Wildman–Crippen MR) is 115 cm³/mol. The second-order valence-corrected chi connectivity index (χ2v) is 9.22. The fraction of sp³-hybridized carbons (Fsp3) is 0.583. The zero-order valence-electron chi connectivity index (χ0n) is 18.3. The topological polar surface area (TPSA) is 83.6 Å². The molecule has 158 valence electrons. The number of Topliss-reactive ketones (excluding diaryl/α,β-unsaturated/α-hetero) is 1. The van der Waals surface area contributed by atoms with Gasteiger partial charge in [0.05, 0.1) is 5.60 Å². The molecule has 0 unspecified atom stereocenters. The number of benzene rings is 1. The normalized spacial score (nSPS) is 30.0. The number of fused-ring (bicyclic) bond motifs is 1. The Hall–Kier alpha value is -1.98. The minimum absolute atomic E-state index is 0.101. The summed E-state index contributed by atoms with van der Waals surface area (Å²) < 4.78 is 0. The Bertz CT molecular complexity index is 871. The zero-order valence-corrected chi connectivity index (χ0v) is 18.3. The van der Waals surface area contributed by atoms with E-state index in [0.29, 0.717) is 31.2 Å². The van der Waals surface area contributed by atoms with Gasteiger partial charge in [-0.05, 0) is 76.8 Å². The lowest BCUT2D eigenvalue weighted by molar-refractivity contribution is -0.163. The van der Waals surface area contributed by atoms with Gasteiger partial charge in [-0.1, -0.05) is 17.7 Å². The van der Waals surface area contributed by atoms with Gasteiger partial charge in [-0.15, -0.1) is 0 Å². The Morgan fingerprint density at radius 2 is 2.00 bits per heavy atom. The average molecular weight is 399 g/mol. The molecule has 1 aliphatic heterocycles. The molecular formula is C24H34N2O3. The number of likely N-dealkylation sites (tertiary alicyclic amines) is 1. The van der Waals surface area contributed by atoms with Crippen LogP contribution in [0.1, 0.15) is 73.5 Å². The number of ketones is 1. The molecule has 2 aliphatic rings. The highest BCUT2D eigenvalue weighted by Crippen LogP contribution is 2.54. The fourth-order valence-electron chi connectivity index (χ4n) is 5.72. The van der Waals surface area contributed by atoms with E-state index in [-0.39, 0.29) is 11.8 Å². The number of carbonyl (C=O) groups excluding carboxylic acids is 2. The number of aryl methyl sites for hydroxylation is 1. The highest BCUT2D eigenvalue weighted by atomic mass is 16.3. The van der Waals surface area contributed by atoms with Crippen LogP contribution in [0.25, 0.3) is 0 Å². The third kappa shape index (κ3) is 3.44. The molecule has 1 saturated heterocycles. The highest BCUT2D eigenvalue weighted by Gasteiger charge is 2.61. The Morgan fingerprint density at radius 1 is 1.31 bits per heavy atom. The number of primary amides is 1. The van der Waals surface area contributed by atoms with E-state index < -0.39 is 16.9 Å². The van der Waals surface area contributed by atoms with Crippen molar-refractivity contribution in [3.8, 4) is 0 Å². The average Bonchev–Trinajstić information content (AvgIpc) is 2.63. The molecule has 5 heteroatoms. The molecule has 1 aromatic rings. The van der Waals surface area contributed by atoms with Crippen molar-refractivity contribution in [1.29, 1.82) is 0 Å². The summed E-state index contributed by atoms with van der Waals surface area (Å²) in [4.78, 5) is 27.0. The van der Waals surface area contributed by atoms with E-state index in [4.69, 9.17) is 5.73 Å². The molecule has 3 atom stereocenters. The van der Waals surface area contributed by atoms with E-state index >= 15 is 0 Å². The number of aliphatic hydroxyl groups is 1. The van der Waals surface area contributed by atoms with Crippen LogP contribution >= 0.6 is 0 Å². The summed E-state index contributed by atoms with van der Waals surface area (Å²) in [6, 6.07) is 3.55. The predicted octanol–water partition coefficient (Wildman–Crippen LogP) is 3.18. The van der Waals surface area contributed by atoms with Gasteiger partial charge in [0.25, 0.3) is 0 Å². The SMILES string of the molecule is CC(C)=CCN1CC[C@]2(c3c(C)ccc(C(N)=O)c3C)CC(=O)CC[C@@]2(O)[C@H]1C. The molecule has 1 amide bonds. The van der Waals surface area contributed by atoms with E-state index in [1.54, 1.807) is 6.07 Å². The Kier molecular flexibility index (Phi) is 5.76. The van der Waals surface area contributed by atoms with Gasteiger partial charge in [0.15, 0.2) is 0 Å². The Balaban J connectivity index is 2.17. The van der Waals surface area contributed by atoms with E-state index in [9.17, 15) is 14.7 Å². The molecule has 0 spiro atoms. The number of amides is 1. The van der Waals surface area contributed by atoms with Gasteiger partial charge in [-0.2, -0.15) is 0 Å². The van der Waals surface area contributed by atoms with Gasteiger partial charge < -0.3 is 10.8 Å². The number of nitrogens with two attached hydrogens (primary N) is 1. The smallest absolute Gasteiger partial charge is 0.248 e. The lowest BCUT2D eigenvalue weighted by Gasteiger charge is -2.60. The largest absolute Gasteiger partial charge is 0.387 e.